The van der Waals surface area contributed by atoms with E-state index >= 15 is 0 Å². The van der Waals surface area contributed by atoms with E-state index < -0.39 is 0 Å². The molecule has 0 aliphatic heterocycles. The summed E-state index contributed by atoms with van der Waals surface area (Å²) in [6.07, 6.45) is 0. The Morgan fingerprint density at radius 2 is 2.15 bits per heavy atom. The quantitative estimate of drug-likeness (QED) is 0.523. The van der Waals surface area contributed by atoms with Gasteiger partial charge in [0.05, 0.1) is 0 Å². The van der Waals surface area contributed by atoms with Crippen LogP contribution in [0.4, 0.5) is 0 Å². The lowest BCUT2D eigenvalue weighted by Gasteiger charge is -2.03. The molecule has 0 fully saturated rings. The Hall–Kier alpha value is -1.64. The zero-order valence-corrected chi connectivity index (χ0v) is 7.53. The van der Waals surface area contributed by atoms with E-state index in [0.717, 1.165) is 5.56 Å². The maximum atomic E-state index is 11.0. The number of Topliss-reactive ketones (excluding diaryl/α,β-unsaturated/α-hetero) is 1. The van der Waals surface area contributed by atoms with Crippen molar-refractivity contribution in [2.45, 2.75) is 13.8 Å². The molecule has 1 aromatic carbocycles. The first-order chi connectivity index (χ1) is 6.15. The van der Waals surface area contributed by atoms with Crippen LogP contribution in [0.5, 0.6) is 5.75 Å². The van der Waals surface area contributed by atoms with Crippen molar-refractivity contribution in [1.82, 2.24) is 0 Å². The van der Waals surface area contributed by atoms with Crippen molar-refractivity contribution >= 4 is 12.3 Å². The van der Waals surface area contributed by atoms with Gasteiger partial charge in [0.1, 0.15) is 5.75 Å². The second-order valence-electron chi connectivity index (χ2n) is 2.75. The summed E-state index contributed by atoms with van der Waals surface area (Å²) in [6, 6.07) is 4.90. The van der Waals surface area contributed by atoms with Crippen LogP contribution in [0.15, 0.2) is 18.2 Å². The highest BCUT2D eigenvalue weighted by atomic mass is 16.5. The highest BCUT2D eigenvalue weighted by Crippen LogP contribution is 2.16. The third kappa shape index (κ3) is 2.15. The zero-order valence-electron chi connectivity index (χ0n) is 7.53. The van der Waals surface area contributed by atoms with Crippen LogP contribution in [0.3, 0.4) is 0 Å². The summed E-state index contributed by atoms with van der Waals surface area (Å²) in [5, 5.41) is 0. The molecule has 3 nitrogen and oxygen atoms in total. The molecule has 3 heteroatoms. The molecule has 0 spiro atoms. The first-order valence-corrected chi connectivity index (χ1v) is 3.87. The van der Waals surface area contributed by atoms with E-state index in [2.05, 4.69) is 4.74 Å². The van der Waals surface area contributed by atoms with Gasteiger partial charge in [0.15, 0.2) is 5.78 Å². The molecule has 0 aromatic heterocycles. The molecule has 0 saturated heterocycles. The standard InChI is InChI=1S/C10H10O3/c1-7-5-9(13-6-11)3-4-10(7)8(2)12/h3-6H,1-2H3. The van der Waals surface area contributed by atoms with E-state index in [1.54, 1.807) is 25.1 Å². The van der Waals surface area contributed by atoms with E-state index in [-0.39, 0.29) is 5.78 Å². The molecule has 0 N–H and O–H groups in total. The number of benzene rings is 1. The average Bonchev–Trinajstić information content (AvgIpc) is 2.04. The fraction of sp³-hybridized carbons (Fsp3) is 0.200. The van der Waals surface area contributed by atoms with Crippen molar-refractivity contribution in [2.24, 2.45) is 0 Å². The van der Waals surface area contributed by atoms with Crippen LogP contribution in [0.25, 0.3) is 0 Å². The Kier molecular flexibility index (Phi) is 2.80. The minimum Gasteiger partial charge on any atom is -0.429 e. The normalized spacial score (nSPS) is 9.38. The summed E-state index contributed by atoms with van der Waals surface area (Å²) >= 11 is 0. The van der Waals surface area contributed by atoms with Gasteiger partial charge < -0.3 is 4.74 Å². The number of rotatable bonds is 3. The fourth-order valence-electron chi connectivity index (χ4n) is 1.16. The number of carbonyl (C=O) groups is 2. The van der Waals surface area contributed by atoms with Gasteiger partial charge in [-0.2, -0.15) is 0 Å². The second-order valence-corrected chi connectivity index (χ2v) is 2.75. The molecule has 0 aliphatic carbocycles. The average molecular weight is 178 g/mol. The van der Waals surface area contributed by atoms with E-state index in [1.165, 1.54) is 6.92 Å². The van der Waals surface area contributed by atoms with Crippen LogP contribution in [0, 0.1) is 6.92 Å². The number of aryl methyl sites for hydroxylation is 1. The molecule has 0 amide bonds. The van der Waals surface area contributed by atoms with E-state index in [4.69, 9.17) is 0 Å². The Labute approximate surface area is 76.3 Å². The zero-order chi connectivity index (χ0) is 9.84. The molecule has 0 heterocycles. The maximum absolute atomic E-state index is 11.0. The molecule has 0 unspecified atom stereocenters. The van der Waals surface area contributed by atoms with Crippen molar-refractivity contribution in [3.63, 3.8) is 0 Å². The monoisotopic (exact) mass is 178 g/mol. The number of hydrogen-bond acceptors (Lipinski definition) is 3. The van der Waals surface area contributed by atoms with Gasteiger partial charge in [-0.15, -0.1) is 0 Å². The minimum absolute atomic E-state index is 0.00940. The molecule has 13 heavy (non-hydrogen) atoms. The smallest absolute Gasteiger partial charge is 0.298 e. The Morgan fingerprint density at radius 1 is 1.46 bits per heavy atom. The Bertz CT molecular complexity index is 342. The van der Waals surface area contributed by atoms with Crippen molar-refractivity contribution in [3.05, 3.63) is 29.3 Å². The van der Waals surface area contributed by atoms with Crippen molar-refractivity contribution in [1.29, 1.82) is 0 Å². The summed E-state index contributed by atoms with van der Waals surface area (Å²) in [6.45, 7) is 3.67. The first kappa shape index (κ1) is 9.45. The van der Waals surface area contributed by atoms with Gasteiger partial charge >= 0.3 is 0 Å². The number of ketones is 1. The van der Waals surface area contributed by atoms with Gasteiger partial charge in [-0.3, -0.25) is 9.59 Å². The third-order valence-electron chi connectivity index (χ3n) is 1.76. The molecule has 0 atom stereocenters. The lowest BCUT2D eigenvalue weighted by Crippen LogP contribution is -1.97. The first-order valence-electron chi connectivity index (χ1n) is 3.87. The van der Waals surface area contributed by atoms with Crippen LogP contribution in [0.2, 0.25) is 0 Å². The summed E-state index contributed by atoms with van der Waals surface area (Å²) < 4.78 is 4.63. The maximum Gasteiger partial charge on any atom is 0.298 e. The highest BCUT2D eigenvalue weighted by Gasteiger charge is 2.04. The Morgan fingerprint density at radius 3 is 2.62 bits per heavy atom. The largest absolute Gasteiger partial charge is 0.429 e. The predicted octanol–water partition coefficient (Wildman–Crippen LogP) is 1.73. The van der Waals surface area contributed by atoms with Crippen LogP contribution in [-0.4, -0.2) is 12.3 Å². The van der Waals surface area contributed by atoms with Gasteiger partial charge in [-0.25, -0.2) is 0 Å². The topological polar surface area (TPSA) is 43.4 Å². The van der Waals surface area contributed by atoms with E-state index in [9.17, 15) is 9.59 Å². The molecule has 0 aliphatic rings. The highest BCUT2D eigenvalue weighted by molar-refractivity contribution is 5.95. The van der Waals surface area contributed by atoms with Crippen LogP contribution < -0.4 is 4.74 Å². The summed E-state index contributed by atoms with van der Waals surface area (Å²) in [5.41, 5.74) is 1.46. The molecular formula is C10H10O3. The summed E-state index contributed by atoms with van der Waals surface area (Å²) in [7, 11) is 0. The van der Waals surface area contributed by atoms with Crippen molar-refractivity contribution in [3.8, 4) is 5.75 Å². The van der Waals surface area contributed by atoms with Gasteiger partial charge in [0.25, 0.3) is 6.47 Å². The molecular weight excluding hydrogens is 168 g/mol. The predicted molar refractivity (Wildman–Crippen MR) is 47.9 cm³/mol. The lowest BCUT2D eigenvalue weighted by molar-refractivity contribution is -0.120. The van der Waals surface area contributed by atoms with Crippen molar-refractivity contribution < 1.29 is 14.3 Å². The summed E-state index contributed by atoms with van der Waals surface area (Å²) in [4.78, 5) is 21.0. The summed E-state index contributed by atoms with van der Waals surface area (Å²) in [5.74, 6) is 0.465. The Balaban J connectivity index is 3.05. The molecule has 0 saturated carbocycles. The number of ether oxygens (including phenoxy) is 1. The van der Waals surface area contributed by atoms with Gasteiger partial charge in [0, 0.05) is 5.56 Å². The third-order valence-corrected chi connectivity index (χ3v) is 1.76. The van der Waals surface area contributed by atoms with E-state index in [0.29, 0.717) is 17.8 Å². The van der Waals surface area contributed by atoms with Gasteiger partial charge in [-0.1, -0.05) is 0 Å². The van der Waals surface area contributed by atoms with E-state index in [1.807, 2.05) is 0 Å². The number of carbonyl (C=O) groups excluding carboxylic acids is 2. The van der Waals surface area contributed by atoms with Crippen LogP contribution in [0.1, 0.15) is 22.8 Å². The SMILES string of the molecule is CC(=O)c1ccc(OC=O)cc1C. The fourth-order valence-corrected chi connectivity index (χ4v) is 1.16. The molecule has 0 bridgehead atoms. The van der Waals surface area contributed by atoms with Gasteiger partial charge in [-0.05, 0) is 37.6 Å². The lowest BCUT2D eigenvalue weighted by atomic mass is 10.1. The van der Waals surface area contributed by atoms with Crippen LogP contribution in [-0.2, 0) is 4.79 Å². The van der Waals surface area contributed by atoms with Gasteiger partial charge in [0.2, 0.25) is 0 Å². The molecule has 68 valence electrons. The van der Waals surface area contributed by atoms with Crippen LogP contribution >= 0.6 is 0 Å². The second kappa shape index (κ2) is 3.85. The molecule has 0 radical (unpaired) electrons. The van der Waals surface area contributed by atoms with Crippen molar-refractivity contribution in [2.75, 3.05) is 0 Å². The molecule has 1 rings (SSSR count). The number of hydrogen-bond donors (Lipinski definition) is 0. The minimum atomic E-state index is 0.00940. The molecule has 1 aromatic rings.